The standard InChI is InChI=1S/C28H33N3O8S3/c1-4-31-19-13-12-17(26(34)38-5-2)14-21(19)41-28(31)30-23(33)16-42(36,37)15-22(32)29-25-24(27(35)39-6-3)18-10-8-7-9-11-20(18)40-25/h12-14H,4-11,15-16H2,1-3H3,(H,29,32). The summed E-state index contributed by atoms with van der Waals surface area (Å²) in [7, 11) is -4.18. The fraction of sp³-hybridized carbons (Fsp3) is 0.464. The topological polar surface area (TPSA) is 150 Å². The summed E-state index contributed by atoms with van der Waals surface area (Å²) < 4.78 is 38.3. The van der Waals surface area contributed by atoms with E-state index in [1.807, 2.05) is 6.92 Å². The van der Waals surface area contributed by atoms with Crippen LogP contribution < -0.4 is 10.1 Å². The zero-order valence-corrected chi connectivity index (χ0v) is 26.1. The molecule has 14 heteroatoms. The number of fused-ring (bicyclic) bond motifs is 2. The van der Waals surface area contributed by atoms with Gasteiger partial charge < -0.3 is 19.4 Å². The first-order chi connectivity index (χ1) is 20.1. The summed E-state index contributed by atoms with van der Waals surface area (Å²) >= 11 is 2.41. The fourth-order valence-corrected chi connectivity index (χ4v) is 8.25. The van der Waals surface area contributed by atoms with Crippen LogP contribution in [0.1, 0.15) is 71.2 Å². The van der Waals surface area contributed by atoms with Crippen molar-refractivity contribution in [1.29, 1.82) is 0 Å². The summed E-state index contributed by atoms with van der Waals surface area (Å²) in [6, 6.07) is 4.98. The second-order valence-electron chi connectivity index (χ2n) is 9.61. The number of sulfone groups is 1. The summed E-state index contributed by atoms with van der Waals surface area (Å²) in [6.45, 7) is 6.11. The SMILES string of the molecule is CCOC(=O)c1ccc2c(c1)sc(=NC(=O)CS(=O)(=O)CC(=O)Nc1sc3c(c1C(=O)OCC)CCCCC3)n2CC. The smallest absolute Gasteiger partial charge is 0.341 e. The Morgan fingerprint density at radius 1 is 0.952 bits per heavy atom. The van der Waals surface area contributed by atoms with Gasteiger partial charge in [-0.1, -0.05) is 17.8 Å². The Balaban J connectivity index is 1.51. The Morgan fingerprint density at radius 2 is 1.67 bits per heavy atom. The van der Waals surface area contributed by atoms with Gasteiger partial charge in [-0.05, 0) is 70.2 Å². The van der Waals surface area contributed by atoms with E-state index in [4.69, 9.17) is 9.47 Å². The number of carbonyl (C=O) groups excluding carboxylic acids is 4. The van der Waals surface area contributed by atoms with Gasteiger partial charge in [0.25, 0.3) is 5.91 Å². The minimum Gasteiger partial charge on any atom is -0.462 e. The van der Waals surface area contributed by atoms with Crippen molar-refractivity contribution in [2.45, 2.75) is 59.4 Å². The van der Waals surface area contributed by atoms with Crippen LogP contribution in [0.3, 0.4) is 0 Å². The van der Waals surface area contributed by atoms with Crippen molar-refractivity contribution >= 4 is 71.5 Å². The second-order valence-corrected chi connectivity index (χ2v) is 13.8. The van der Waals surface area contributed by atoms with Gasteiger partial charge in [-0.3, -0.25) is 9.59 Å². The highest BCUT2D eigenvalue weighted by Crippen LogP contribution is 2.38. The molecule has 0 bridgehead atoms. The Morgan fingerprint density at radius 3 is 2.38 bits per heavy atom. The van der Waals surface area contributed by atoms with Crippen molar-refractivity contribution in [1.82, 2.24) is 4.57 Å². The molecule has 0 saturated carbocycles. The molecule has 11 nitrogen and oxygen atoms in total. The van der Waals surface area contributed by atoms with E-state index in [-0.39, 0.29) is 28.6 Å². The van der Waals surface area contributed by atoms with Gasteiger partial charge in [-0.2, -0.15) is 4.99 Å². The molecule has 2 amide bonds. The van der Waals surface area contributed by atoms with E-state index in [0.717, 1.165) is 53.0 Å². The number of esters is 2. The van der Waals surface area contributed by atoms with E-state index in [2.05, 4.69) is 10.3 Å². The van der Waals surface area contributed by atoms with E-state index in [9.17, 15) is 27.6 Å². The van der Waals surface area contributed by atoms with Crippen LogP contribution >= 0.6 is 22.7 Å². The first kappa shape index (κ1) is 31.6. The zero-order valence-electron chi connectivity index (χ0n) is 23.7. The van der Waals surface area contributed by atoms with Crippen molar-refractivity contribution in [2.75, 3.05) is 30.0 Å². The highest BCUT2D eigenvalue weighted by molar-refractivity contribution is 7.92. The molecule has 3 aromatic rings. The lowest BCUT2D eigenvalue weighted by molar-refractivity contribution is -0.115. The fourth-order valence-electron chi connectivity index (χ4n) is 4.80. The number of amides is 2. The molecule has 0 unspecified atom stereocenters. The monoisotopic (exact) mass is 635 g/mol. The number of thiazole rings is 1. The van der Waals surface area contributed by atoms with Gasteiger partial charge in [0.05, 0.1) is 34.6 Å². The Bertz CT molecular complexity index is 1700. The van der Waals surface area contributed by atoms with E-state index in [1.54, 1.807) is 36.6 Å². The van der Waals surface area contributed by atoms with E-state index < -0.39 is 45.1 Å². The quantitative estimate of drug-likeness (QED) is 0.260. The zero-order chi connectivity index (χ0) is 30.4. The van der Waals surface area contributed by atoms with Crippen molar-refractivity contribution in [3.05, 3.63) is 44.6 Å². The first-order valence-corrected chi connectivity index (χ1v) is 17.2. The minimum absolute atomic E-state index is 0.168. The van der Waals surface area contributed by atoms with Crippen LogP contribution in [0.4, 0.5) is 5.00 Å². The molecular weight excluding hydrogens is 603 g/mol. The lowest BCUT2D eigenvalue weighted by Crippen LogP contribution is -2.28. The summed E-state index contributed by atoms with van der Waals surface area (Å²) in [5, 5.41) is 2.86. The number of nitrogens with zero attached hydrogens (tertiary/aromatic N) is 2. The van der Waals surface area contributed by atoms with Gasteiger partial charge in [0.15, 0.2) is 14.6 Å². The predicted octanol–water partition coefficient (Wildman–Crippen LogP) is 3.89. The summed E-state index contributed by atoms with van der Waals surface area (Å²) in [6.07, 6.45) is 4.37. The maximum absolute atomic E-state index is 12.8. The van der Waals surface area contributed by atoms with Crippen LogP contribution in [-0.2, 0) is 48.3 Å². The summed E-state index contributed by atoms with van der Waals surface area (Å²) in [4.78, 5) is 55.7. The van der Waals surface area contributed by atoms with Gasteiger partial charge in [-0.25, -0.2) is 18.0 Å². The van der Waals surface area contributed by atoms with Crippen molar-refractivity contribution in [2.24, 2.45) is 4.99 Å². The van der Waals surface area contributed by atoms with Crippen LogP contribution in [0.5, 0.6) is 0 Å². The Labute approximate surface area is 251 Å². The summed E-state index contributed by atoms with van der Waals surface area (Å²) in [5.41, 5.74) is 2.23. The van der Waals surface area contributed by atoms with E-state index in [0.29, 0.717) is 23.2 Å². The molecular formula is C28H33N3O8S3. The number of aromatic nitrogens is 1. The number of hydrogen-bond acceptors (Lipinski definition) is 10. The average molecular weight is 636 g/mol. The molecule has 2 aromatic heterocycles. The third-order valence-electron chi connectivity index (χ3n) is 6.58. The number of carbonyl (C=O) groups is 4. The number of aryl methyl sites for hydroxylation is 2. The number of hydrogen-bond donors (Lipinski definition) is 1. The average Bonchev–Trinajstić information content (AvgIpc) is 3.34. The normalized spacial score (nSPS) is 13.8. The molecule has 0 spiro atoms. The largest absolute Gasteiger partial charge is 0.462 e. The lowest BCUT2D eigenvalue weighted by Gasteiger charge is -2.08. The predicted molar refractivity (Wildman–Crippen MR) is 161 cm³/mol. The molecule has 0 radical (unpaired) electrons. The van der Waals surface area contributed by atoms with Crippen LogP contribution in [0, 0.1) is 0 Å². The van der Waals surface area contributed by atoms with Crippen molar-refractivity contribution in [3.63, 3.8) is 0 Å². The van der Waals surface area contributed by atoms with Gasteiger partial charge in [0.2, 0.25) is 5.91 Å². The molecule has 1 N–H and O–H groups in total. The maximum Gasteiger partial charge on any atom is 0.341 e. The number of nitrogens with one attached hydrogen (secondary N) is 1. The molecule has 0 aliphatic heterocycles. The third kappa shape index (κ3) is 7.34. The minimum atomic E-state index is -4.18. The second kappa shape index (κ2) is 13.7. The molecule has 0 saturated heterocycles. The van der Waals surface area contributed by atoms with Crippen LogP contribution in [0.25, 0.3) is 10.2 Å². The number of benzene rings is 1. The number of ether oxygens (including phenoxy) is 2. The molecule has 226 valence electrons. The highest BCUT2D eigenvalue weighted by atomic mass is 32.2. The molecule has 42 heavy (non-hydrogen) atoms. The molecule has 1 aromatic carbocycles. The third-order valence-corrected chi connectivity index (χ3v) is 10.2. The van der Waals surface area contributed by atoms with Crippen LogP contribution in [-0.4, -0.2) is 61.5 Å². The molecule has 0 fully saturated rings. The van der Waals surface area contributed by atoms with Gasteiger partial charge in [0, 0.05) is 11.4 Å². The Hall–Kier alpha value is -3.36. The lowest BCUT2D eigenvalue weighted by atomic mass is 10.1. The van der Waals surface area contributed by atoms with Gasteiger partial charge in [-0.15, -0.1) is 11.3 Å². The van der Waals surface area contributed by atoms with E-state index in [1.165, 1.54) is 11.3 Å². The van der Waals surface area contributed by atoms with Crippen molar-refractivity contribution in [3.8, 4) is 0 Å². The molecule has 0 atom stereocenters. The van der Waals surface area contributed by atoms with Crippen molar-refractivity contribution < 1.29 is 37.1 Å². The molecule has 4 rings (SSSR count). The van der Waals surface area contributed by atoms with Crippen LogP contribution in [0.15, 0.2) is 23.2 Å². The van der Waals surface area contributed by atoms with Gasteiger partial charge in [0.1, 0.15) is 16.5 Å². The number of anilines is 1. The maximum atomic E-state index is 12.8. The number of thiophene rings is 1. The highest BCUT2D eigenvalue weighted by Gasteiger charge is 2.28. The molecule has 1 aliphatic carbocycles. The van der Waals surface area contributed by atoms with Crippen LogP contribution in [0.2, 0.25) is 0 Å². The first-order valence-electron chi connectivity index (χ1n) is 13.8. The molecule has 1 aliphatic rings. The van der Waals surface area contributed by atoms with E-state index >= 15 is 0 Å². The van der Waals surface area contributed by atoms with Gasteiger partial charge >= 0.3 is 11.9 Å². The molecule has 2 heterocycles. The summed E-state index contributed by atoms with van der Waals surface area (Å²) in [5.74, 6) is -4.69. The number of rotatable bonds is 10. The Kier molecular flexibility index (Phi) is 10.3.